The Hall–Kier alpha value is -1.10. The van der Waals surface area contributed by atoms with Gasteiger partial charge >= 0.3 is 0 Å². The lowest BCUT2D eigenvalue weighted by Crippen LogP contribution is -2.63. The van der Waals surface area contributed by atoms with Gasteiger partial charge in [0.1, 0.15) is 12.1 Å². The summed E-state index contributed by atoms with van der Waals surface area (Å²) in [5.74, 6) is 1.06. The van der Waals surface area contributed by atoms with Crippen LogP contribution in [0.4, 0.5) is 0 Å². The van der Waals surface area contributed by atoms with Crippen molar-refractivity contribution in [3.8, 4) is 0 Å². The highest BCUT2D eigenvalue weighted by atomic mass is 16.2. The van der Waals surface area contributed by atoms with Gasteiger partial charge in [-0.25, -0.2) is 0 Å². The maximum atomic E-state index is 12.5. The van der Waals surface area contributed by atoms with Crippen LogP contribution in [0.25, 0.3) is 0 Å². The molecule has 1 N–H and O–H groups in total. The molecule has 2 amide bonds. The van der Waals surface area contributed by atoms with Gasteiger partial charge in [0.05, 0.1) is 0 Å². The quantitative estimate of drug-likeness (QED) is 0.785. The zero-order valence-corrected chi connectivity index (χ0v) is 11.8. The molecule has 3 rings (SSSR count). The predicted molar refractivity (Wildman–Crippen MR) is 71.4 cm³/mol. The van der Waals surface area contributed by atoms with E-state index in [1.54, 1.807) is 0 Å². The zero-order chi connectivity index (χ0) is 13.6. The van der Waals surface area contributed by atoms with Gasteiger partial charge in [-0.15, -0.1) is 0 Å². The van der Waals surface area contributed by atoms with Crippen LogP contribution in [-0.4, -0.2) is 60.4 Å². The summed E-state index contributed by atoms with van der Waals surface area (Å²) in [6, 6.07) is -0.559. The molecule has 0 radical (unpaired) electrons. The van der Waals surface area contributed by atoms with E-state index in [-0.39, 0.29) is 23.9 Å². The van der Waals surface area contributed by atoms with Gasteiger partial charge in [0.25, 0.3) is 0 Å². The number of likely N-dealkylation sites (tertiary alicyclic amines) is 1. The molecule has 106 valence electrons. The SMILES string of the molecule is CC1C(=O)NC(C2CC2)C(=O)N1CC1CCN(C)C1. The molecule has 5 heteroatoms. The molecule has 19 heavy (non-hydrogen) atoms. The fraction of sp³-hybridized carbons (Fsp3) is 0.857. The molecule has 3 atom stereocenters. The van der Waals surface area contributed by atoms with Gasteiger partial charge in [-0.3, -0.25) is 9.59 Å². The molecular weight excluding hydrogens is 242 g/mol. The summed E-state index contributed by atoms with van der Waals surface area (Å²) in [5, 5.41) is 2.90. The molecule has 0 aromatic rings. The van der Waals surface area contributed by atoms with Crippen LogP contribution < -0.4 is 5.32 Å². The number of nitrogens with zero attached hydrogens (tertiary/aromatic N) is 2. The van der Waals surface area contributed by atoms with E-state index in [1.807, 2.05) is 11.8 Å². The van der Waals surface area contributed by atoms with Gasteiger partial charge in [0.2, 0.25) is 11.8 Å². The first kappa shape index (κ1) is 12.9. The van der Waals surface area contributed by atoms with E-state index in [0.29, 0.717) is 11.8 Å². The number of carbonyl (C=O) groups excluding carboxylic acids is 2. The average molecular weight is 265 g/mol. The fourth-order valence-corrected chi connectivity index (χ4v) is 3.30. The Balaban J connectivity index is 1.69. The van der Waals surface area contributed by atoms with Crippen molar-refractivity contribution in [3.63, 3.8) is 0 Å². The Labute approximate surface area is 114 Å². The van der Waals surface area contributed by atoms with Crippen LogP contribution >= 0.6 is 0 Å². The van der Waals surface area contributed by atoms with Crippen LogP contribution in [0.5, 0.6) is 0 Å². The van der Waals surface area contributed by atoms with Crippen LogP contribution in [0.2, 0.25) is 0 Å². The minimum Gasteiger partial charge on any atom is -0.342 e. The predicted octanol–water partition coefficient (Wildman–Crippen LogP) is 0.0636. The monoisotopic (exact) mass is 265 g/mol. The van der Waals surface area contributed by atoms with Crippen molar-refractivity contribution in [1.82, 2.24) is 15.1 Å². The highest BCUT2D eigenvalue weighted by molar-refractivity contribution is 5.97. The first-order chi connectivity index (χ1) is 9.06. The van der Waals surface area contributed by atoms with Crippen molar-refractivity contribution in [2.24, 2.45) is 11.8 Å². The van der Waals surface area contributed by atoms with Crippen molar-refractivity contribution in [2.75, 3.05) is 26.7 Å². The normalized spacial score (nSPS) is 36.7. The molecule has 2 aliphatic heterocycles. The first-order valence-electron chi connectivity index (χ1n) is 7.35. The Morgan fingerprint density at radius 1 is 1.26 bits per heavy atom. The Bertz CT molecular complexity index is 394. The molecule has 5 nitrogen and oxygen atoms in total. The topological polar surface area (TPSA) is 52.7 Å². The smallest absolute Gasteiger partial charge is 0.246 e. The van der Waals surface area contributed by atoms with Crippen LogP contribution in [0.3, 0.4) is 0 Å². The van der Waals surface area contributed by atoms with Gasteiger partial charge in [0.15, 0.2) is 0 Å². The molecule has 2 heterocycles. The molecule has 2 saturated heterocycles. The standard InChI is InChI=1S/C14H23N3O2/c1-9-13(18)15-12(11-3-4-11)14(19)17(9)8-10-5-6-16(2)7-10/h9-12H,3-8H2,1-2H3,(H,15,18). The third-order valence-electron chi connectivity index (χ3n) is 4.73. The number of rotatable bonds is 3. The molecule has 3 fully saturated rings. The van der Waals surface area contributed by atoms with Crippen LogP contribution in [0, 0.1) is 11.8 Å². The van der Waals surface area contributed by atoms with E-state index in [1.165, 1.54) is 0 Å². The van der Waals surface area contributed by atoms with E-state index in [2.05, 4.69) is 17.3 Å². The number of hydrogen-bond acceptors (Lipinski definition) is 3. The highest BCUT2D eigenvalue weighted by Gasteiger charge is 2.46. The highest BCUT2D eigenvalue weighted by Crippen LogP contribution is 2.35. The van der Waals surface area contributed by atoms with Gasteiger partial charge in [-0.05, 0) is 51.6 Å². The Morgan fingerprint density at radius 3 is 2.58 bits per heavy atom. The number of carbonyl (C=O) groups is 2. The molecule has 0 aromatic heterocycles. The van der Waals surface area contributed by atoms with Crippen molar-refractivity contribution >= 4 is 11.8 Å². The number of nitrogens with one attached hydrogen (secondary N) is 1. The summed E-state index contributed by atoms with van der Waals surface area (Å²) in [4.78, 5) is 28.7. The molecule has 3 unspecified atom stereocenters. The molecule has 0 aromatic carbocycles. The number of piperazine rings is 1. The molecule has 1 aliphatic carbocycles. The summed E-state index contributed by atoms with van der Waals surface area (Å²) in [7, 11) is 2.11. The van der Waals surface area contributed by atoms with Gasteiger partial charge in [-0.1, -0.05) is 0 Å². The lowest BCUT2D eigenvalue weighted by Gasteiger charge is -2.38. The average Bonchev–Trinajstić information content (AvgIpc) is 3.13. The minimum absolute atomic E-state index is 0.0165. The third kappa shape index (κ3) is 2.48. The van der Waals surface area contributed by atoms with Crippen LogP contribution in [0.1, 0.15) is 26.2 Å². The third-order valence-corrected chi connectivity index (χ3v) is 4.73. The summed E-state index contributed by atoms with van der Waals surface area (Å²) in [5.41, 5.74) is 0. The summed E-state index contributed by atoms with van der Waals surface area (Å²) in [6.07, 6.45) is 3.28. The largest absolute Gasteiger partial charge is 0.342 e. The van der Waals surface area contributed by atoms with Gasteiger partial charge in [-0.2, -0.15) is 0 Å². The van der Waals surface area contributed by atoms with Crippen LogP contribution in [0.15, 0.2) is 0 Å². The van der Waals surface area contributed by atoms with E-state index < -0.39 is 0 Å². The maximum Gasteiger partial charge on any atom is 0.246 e. The molecule has 1 saturated carbocycles. The molecular formula is C14H23N3O2. The maximum absolute atomic E-state index is 12.5. The molecule has 0 spiro atoms. The lowest BCUT2D eigenvalue weighted by atomic mass is 10.0. The van der Waals surface area contributed by atoms with Gasteiger partial charge in [0, 0.05) is 13.1 Å². The second-order valence-electron chi connectivity index (χ2n) is 6.41. The number of hydrogen-bond donors (Lipinski definition) is 1. The van der Waals surface area contributed by atoms with Gasteiger partial charge < -0.3 is 15.1 Å². The van der Waals surface area contributed by atoms with E-state index >= 15 is 0 Å². The molecule has 0 bridgehead atoms. The van der Waals surface area contributed by atoms with Crippen molar-refractivity contribution in [1.29, 1.82) is 0 Å². The summed E-state index contributed by atoms with van der Waals surface area (Å²) >= 11 is 0. The van der Waals surface area contributed by atoms with E-state index in [0.717, 1.165) is 38.9 Å². The fourth-order valence-electron chi connectivity index (χ4n) is 3.30. The van der Waals surface area contributed by atoms with Crippen molar-refractivity contribution in [2.45, 2.75) is 38.3 Å². The van der Waals surface area contributed by atoms with E-state index in [9.17, 15) is 9.59 Å². The van der Waals surface area contributed by atoms with E-state index in [4.69, 9.17) is 0 Å². The Morgan fingerprint density at radius 2 is 2.00 bits per heavy atom. The van der Waals surface area contributed by atoms with Crippen molar-refractivity contribution in [3.05, 3.63) is 0 Å². The first-order valence-corrected chi connectivity index (χ1v) is 7.35. The number of amides is 2. The summed E-state index contributed by atoms with van der Waals surface area (Å²) in [6.45, 7) is 4.71. The second-order valence-corrected chi connectivity index (χ2v) is 6.41. The van der Waals surface area contributed by atoms with Crippen molar-refractivity contribution < 1.29 is 9.59 Å². The summed E-state index contributed by atoms with van der Waals surface area (Å²) < 4.78 is 0. The lowest BCUT2D eigenvalue weighted by molar-refractivity contribution is -0.149. The van der Waals surface area contributed by atoms with Crippen LogP contribution in [-0.2, 0) is 9.59 Å². The Kier molecular flexibility index (Phi) is 3.25. The minimum atomic E-state index is -0.312. The second kappa shape index (κ2) is 4.78. The zero-order valence-electron chi connectivity index (χ0n) is 11.8. The molecule has 3 aliphatic rings.